The van der Waals surface area contributed by atoms with Crippen LogP contribution in [0.4, 0.5) is 0 Å². The van der Waals surface area contributed by atoms with Crippen molar-refractivity contribution in [1.82, 2.24) is 19.8 Å². The van der Waals surface area contributed by atoms with Gasteiger partial charge in [0.05, 0.1) is 12.7 Å². The van der Waals surface area contributed by atoms with Crippen LogP contribution < -0.4 is 10.0 Å². The summed E-state index contributed by atoms with van der Waals surface area (Å²) in [5.41, 5.74) is -0.0892. The quantitative estimate of drug-likeness (QED) is 0.676. The maximum absolute atomic E-state index is 12.3. The number of aromatic nitrogens is 2. The minimum Gasteiger partial charge on any atom is -0.315 e. The highest BCUT2D eigenvalue weighted by Gasteiger charge is 2.26. The van der Waals surface area contributed by atoms with Gasteiger partial charge in [0.15, 0.2) is 0 Å². The van der Waals surface area contributed by atoms with Crippen molar-refractivity contribution in [2.45, 2.75) is 46.1 Å². The van der Waals surface area contributed by atoms with Gasteiger partial charge in [0.2, 0.25) is 10.0 Å². The minimum absolute atomic E-state index is 0.0892. The maximum Gasteiger partial charge on any atom is 0.243 e. The number of sulfonamides is 1. The number of hydrogen-bond acceptors (Lipinski definition) is 4. The van der Waals surface area contributed by atoms with E-state index in [-0.39, 0.29) is 10.3 Å². The fourth-order valence-electron chi connectivity index (χ4n) is 1.54. The third kappa shape index (κ3) is 5.41. The molecule has 6 nitrogen and oxygen atoms in total. The molecule has 0 radical (unpaired) electrons. The van der Waals surface area contributed by atoms with Crippen LogP contribution in [0.15, 0.2) is 17.3 Å². The van der Waals surface area contributed by atoms with Gasteiger partial charge in [0.25, 0.3) is 0 Å². The Hall–Kier alpha value is -0.920. The molecule has 21 heavy (non-hydrogen) atoms. The average Bonchev–Trinajstić information content (AvgIpc) is 2.86. The first kappa shape index (κ1) is 18.1. The molecule has 0 aliphatic heterocycles. The molecule has 0 unspecified atom stereocenters. The Balaban J connectivity index is 2.66. The molecule has 1 aromatic heterocycles. The molecule has 1 aromatic rings. The standard InChI is InChI=1S/C14H28N4O2S/c1-6-15-7-8-18-10-13(9-16-18)21(19,20)17-11-14(4,5)12(2)3/h9-10,12,15,17H,6-8,11H2,1-5H3. The number of hydrogen-bond donors (Lipinski definition) is 2. The molecule has 0 aliphatic carbocycles. The lowest BCUT2D eigenvalue weighted by Gasteiger charge is -2.29. The van der Waals surface area contributed by atoms with Crippen LogP contribution in [0.2, 0.25) is 0 Å². The van der Waals surface area contributed by atoms with Gasteiger partial charge < -0.3 is 5.32 Å². The maximum atomic E-state index is 12.3. The molecular formula is C14H28N4O2S. The van der Waals surface area contributed by atoms with E-state index in [1.165, 1.54) is 6.20 Å². The fourth-order valence-corrected chi connectivity index (χ4v) is 2.72. The SMILES string of the molecule is CCNCCn1cc(S(=O)(=O)NCC(C)(C)C(C)C)cn1. The van der Waals surface area contributed by atoms with E-state index in [0.717, 1.165) is 13.1 Å². The molecule has 7 heteroatoms. The number of nitrogens with one attached hydrogen (secondary N) is 2. The third-order valence-corrected chi connectivity index (χ3v) is 5.32. The van der Waals surface area contributed by atoms with E-state index in [2.05, 4.69) is 42.8 Å². The summed E-state index contributed by atoms with van der Waals surface area (Å²) < 4.78 is 28.9. The molecule has 0 fully saturated rings. The van der Waals surface area contributed by atoms with Gasteiger partial charge in [-0.2, -0.15) is 5.10 Å². The van der Waals surface area contributed by atoms with Crippen molar-refractivity contribution in [3.63, 3.8) is 0 Å². The summed E-state index contributed by atoms with van der Waals surface area (Å²) in [4.78, 5) is 0.221. The summed E-state index contributed by atoms with van der Waals surface area (Å²) >= 11 is 0. The lowest BCUT2D eigenvalue weighted by molar-refractivity contribution is 0.252. The average molecular weight is 316 g/mol. The van der Waals surface area contributed by atoms with Crippen LogP contribution in [0.1, 0.15) is 34.6 Å². The molecule has 0 spiro atoms. The normalized spacial score (nSPS) is 13.0. The molecule has 0 atom stereocenters. The molecule has 0 saturated carbocycles. The molecule has 2 N–H and O–H groups in total. The summed E-state index contributed by atoms with van der Waals surface area (Å²) in [6.07, 6.45) is 2.97. The topological polar surface area (TPSA) is 76.0 Å². The van der Waals surface area contributed by atoms with E-state index in [0.29, 0.717) is 19.0 Å². The van der Waals surface area contributed by atoms with Gasteiger partial charge in [0.1, 0.15) is 4.90 Å². The van der Waals surface area contributed by atoms with Crippen LogP contribution in [0, 0.1) is 11.3 Å². The second-order valence-electron chi connectivity index (χ2n) is 6.26. The van der Waals surface area contributed by atoms with E-state index in [1.807, 2.05) is 6.92 Å². The van der Waals surface area contributed by atoms with Gasteiger partial charge in [-0.05, 0) is 17.9 Å². The van der Waals surface area contributed by atoms with Gasteiger partial charge in [-0.15, -0.1) is 0 Å². The Labute approximate surface area is 128 Å². The van der Waals surface area contributed by atoms with Crippen LogP contribution in [-0.2, 0) is 16.6 Å². The highest BCUT2D eigenvalue weighted by atomic mass is 32.2. The van der Waals surface area contributed by atoms with E-state index in [4.69, 9.17) is 0 Å². The van der Waals surface area contributed by atoms with Gasteiger partial charge >= 0.3 is 0 Å². The van der Waals surface area contributed by atoms with Gasteiger partial charge in [-0.1, -0.05) is 34.6 Å². The summed E-state index contributed by atoms with van der Waals surface area (Å²) in [7, 11) is -3.49. The van der Waals surface area contributed by atoms with Crippen molar-refractivity contribution in [2.24, 2.45) is 11.3 Å². The molecule has 122 valence electrons. The van der Waals surface area contributed by atoms with E-state index in [1.54, 1.807) is 10.9 Å². The first-order valence-electron chi connectivity index (χ1n) is 7.42. The zero-order valence-corrected chi connectivity index (χ0v) is 14.5. The van der Waals surface area contributed by atoms with Crippen LogP contribution >= 0.6 is 0 Å². The first-order valence-corrected chi connectivity index (χ1v) is 8.90. The Morgan fingerprint density at radius 1 is 1.38 bits per heavy atom. The predicted octanol–water partition coefficient (Wildman–Crippen LogP) is 1.45. The Morgan fingerprint density at radius 3 is 2.62 bits per heavy atom. The van der Waals surface area contributed by atoms with Crippen molar-refractivity contribution < 1.29 is 8.42 Å². The van der Waals surface area contributed by atoms with Crippen LogP contribution in [0.5, 0.6) is 0 Å². The molecule has 1 rings (SSSR count). The Bertz CT molecular complexity index is 535. The molecule has 0 saturated heterocycles. The van der Waals surface area contributed by atoms with Crippen molar-refractivity contribution in [3.8, 4) is 0 Å². The molecular weight excluding hydrogens is 288 g/mol. The summed E-state index contributed by atoms with van der Waals surface area (Å²) in [5, 5.41) is 7.27. The summed E-state index contributed by atoms with van der Waals surface area (Å²) in [6, 6.07) is 0. The lowest BCUT2D eigenvalue weighted by atomic mass is 9.81. The Morgan fingerprint density at radius 2 is 2.05 bits per heavy atom. The summed E-state index contributed by atoms with van der Waals surface area (Å²) in [5.74, 6) is 0.392. The highest BCUT2D eigenvalue weighted by molar-refractivity contribution is 7.89. The summed E-state index contributed by atoms with van der Waals surface area (Å²) in [6.45, 7) is 13.0. The third-order valence-electron chi connectivity index (χ3n) is 3.97. The Kier molecular flexibility index (Phi) is 6.37. The molecule has 0 aliphatic rings. The highest BCUT2D eigenvalue weighted by Crippen LogP contribution is 2.25. The van der Waals surface area contributed by atoms with Crippen LogP contribution in [0.25, 0.3) is 0 Å². The van der Waals surface area contributed by atoms with Crippen molar-refractivity contribution >= 4 is 10.0 Å². The molecule has 0 amide bonds. The zero-order chi connectivity index (χ0) is 16.1. The predicted molar refractivity (Wildman–Crippen MR) is 84.6 cm³/mol. The van der Waals surface area contributed by atoms with Crippen molar-refractivity contribution in [1.29, 1.82) is 0 Å². The van der Waals surface area contributed by atoms with Gasteiger partial charge in [0, 0.05) is 19.3 Å². The number of rotatable bonds is 9. The largest absolute Gasteiger partial charge is 0.315 e. The van der Waals surface area contributed by atoms with Gasteiger partial charge in [-0.3, -0.25) is 4.68 Å². The minimum atomic E-state index is -3.49. The van der Waals surface area contributed by atoms with Crippen molar-refractivity contribution in [2.75, 3.05) is 19.6 Å². The fraction of sp³-hybridized carbons (Fsp3) is 0.786. The smallest absolute Gasteiger partial charge is 0.243 e. The zero-order valence-electron chi connectivity index (χ0n) is 13.7. The second kappa shape index (κ2) is 7.38. The molecule has 0 aromatic carbocycles. The first-order chi connectivity index (χ1) is 9.69. The van der Waals surface area contributed by atoms with Crippen LogP contribution in [-0.4, -0.2) is 37.8 Å². The number of likely N-dealkylation sites (N-methyl/N-ethyl adjacent to an activating group) is 1. The van der Waals surface area contributed by atoms with Crippen molar-refractivity contribution in [3.05, 3.63) is 12.4 Å². The van der Waals surface area contributed by atoms with E-state index in [9.17, 15) is 8.42 Å². The monoisotopic (exact) mass is 316 g/mol. The lowest BCUT2D eigenvalue weighted by Crippen LogP contribution is -2.36. The van der Waals surface area contributed by atoms with Gasteiger partial charge in [-0.25, -0.2) is 13.1 Å². The second-order valence-corrected chi connectivity index (χ2v) is 8.03. The van der Waals surface area contributed by atoms with E-state index >= 15 is 0 Å². The molecule has 1 heterocycles. The van der Waals surface area contributed by atoms with E-state index < -0.39 is 10.0 Å². The van der Waals surface area contributed by atoms with Crippen LogP contribution in [0.3, 0.4) is 0 Å². The number of nitrogens with zero attached hydrogens (tertiary/aromatic N) is 2. The molecule has 0 bridgehead atoms.